The van der Waals surface area contributed by atoms with Crippen LogP contribution in [0.25, 0.3) is 0 Å². The van der Waals surface area contributed by atoms with Crippen LogP contribution < -0.4 is 19.9 Å². The van der Waals surface area contributed by atoms with Crippen LogP contribution in [0.15, 0.2) is 78.9 Å². The molecule has 2 atom stereocenters. The van der Waals surface area contributed by atoms with E-state index in [-0.39, 0.29) is 5.91 Å². The third kappa shape index (κ3) is 5.83. The number of nitrogens with zero attached hydrogens (tertiary/aromatic N) is 2. The van der Waals surface area contributed by atoms with Gasteiger partial charge in [0, 0.05) is 47.8 Å². The number of para-hydroxylation sites is 1. The fourth-order valence-electron chi connectivity index (χ4n) is 4.98. The number of carbonyl (C=O) groups is 2. The van der Waals surface area contributed by atoms with E-state index in [2.05, 4.69) is 31.0 Å². The second-order valence-corrected chi connectivity index (χ2v) is 9.47. The van der Waals surface area contributed by atoms with Gasteiger partial charge in [0.2, 0.25) is 0 Å². The summed E-state index contributed by atoms with van der Waals surface area (Å²) in [6.07, 6.45) is 1.84. The van der Waals surface area contributed by atoms with Gasteiger partial charge in [-0.1, -0.05) is 31.2 Å². The SMILES string of the molecule is CC1CC(C)N(c2ccc(C(=O)Nc3cccc(OC(=O)N(C)c4ccccc4)c3)cc2)C(C)C1. The van der Waals surface area contributed by atoms with E-state index >= 15 is 0 Å². The topological polar surface area (TPSA) is 61.9 Å². The summed E-state index contributed by atoms with van der Waals surface area (Å²) in [6, 6.07) is 24.8. The lowest BCUT2D eigenvalue weighted by Crippen LogP contribution is -2.46. The quantitative estimate of drug-likeness (QED) is 0.456. The highest BCUT2D eigenvalue weighted by molar-refractivity contribution is 6.04. The largest absolute Gasteiger partial charge is 0.419 e. The summed E-state index contributed by atoms with van der Waals surface area (Å²) < 4.78 is 5.50. The number of hydrogen-bond donors (Lipinski definition) is 1. The number of amides is 2. The summed E-state index contributed by atoms with van der Waals surface area (Å²) in [5, 5.41) is 2.90. The van der Waals surface area contributed by atoms with Gasteiger partial charge in [-0.3, -0.25) is 9.69 Å². The molecule has 1 aliphatic heterocycles. The van der Waals surface area contributed by atoms with E-state index in [0.717, 1.165) is 17.3 Å². The number of ether oxygens (including phenoxy) is 1. The second-order valence-electron chi connectivity index (χ2n) is 9.47. The van der Waals surface area contributed by atoms with Gasteiger partial charge in [-0.2, -0.15) is 0 Å². The Kier molecular flexibility index (Phi) is 7.39. The molecule has 2 amide bonds. The van der Waals surface area contributed by atoms with Crippen LogP contribution in [-0.4, -0.2) is 31.1 Å². The van der Waals surface area contributed by atoms with Crippen molar-refractivity contribution >= 4 is 29.1 Å². The zero-order valence-corrected chi connectivity index (χ0v) is 20.8. The number of nitrogens with one attached hydrogen (secondary N) is 1. The van der Waals surface area contributed by atoms with Gasteiger partial charge in [0.25, 0.3) is 5.91 Å². The Balaban J connectivity index is 1.39. The Morgan fingerprint density at radius 3 is 2.20 bits per heavy atom. The summed E-state index contributed by atoms with van der Waals surface area (Å²) in [6.45, 7) is 6.85. The highest BCUT2D eigenvalue weighted by atomic mass is 16.6. The summed E-state index contributed by atoms with van der Waals surface area (Å²) >= 11 is 0. The van der Waals surface area contributed by atoms with Gasteiger partial charge >= 0.3 is 6.09 Å². The van der Waals surface area contributed by atoms with Crippen molar-refractivity contribution in [3.05, 3.63) is 84.4 Å². The predicted octanol–water partition coefficient (Wildman–Crippen LogP) is 6.59. The minimum absolute atomic E-state index is 0.213. The number of carbonyl (C=O) groups excluding carboxylic acids is 2. The van der Waals surface area contributed by atoms with E-state index in [1.54, 1.807) is 31.3 Å². The Labute approximate surface area is 207 Å². The van der Waals surface area contributed by atoms with E-state index in [1.807, 2.05) is 54.6 Å². The zero-order chi connectivity index (χ0) is 24.9. The molecule has 0 saturated carbocycles. The minimum Gasteiger partial charge on any atom is -0.410 e. The van der Waals surface area contributed by atoms with E-state index in [9.17, 15) is 9.59 Å². The fourth-order valence-corrected chi connectivity index (χ4v) is 4.98. The van der Waals surface area contributed by atoms with Gasteiger partial charge in [-0.25, -0.2) is 4.79 Å². The summed E-state index contributed by atoms with van der Waals surface area (Å²) in [4.78, 5) is 29.2. The molecule has 2 unspecified atom stereocenters. The van der Waals surface area contributed by atoms with Gasteiger partial charge in [-0.05, 0) is 81.1 Å². The summed E-state index contributed by atoms with van der Waals surface area (Å²) in [5.74, 6) is 0.873. The third-order valence-electron chi connectivity index (χ3n) is 6.58. The summed E-state index contributed by atoms with van der Waals surface area (Å²) in [7, 11) is 1.65. The molecule has 0 aliphatic carbocycles. The molecule has 1 heterocycles. The number of anilines is 3. The van der Waals surface area contributed by atoms with E-state index in [4.69, 9.17) is 4.74 Å². The van der Waals surface area contributed by atoms with Crippen molar-refractivity contribution in [3.63, 3.8) is 0 Å². The third-order valence-corrected chi connectivity index (χ3v) is 6.58. The maximum Gasteiger partial charge on any atom is 0.419 e. The molecule has 0 bridgehead atoms. The maximum absolute atomic E-state index is 12.9. The first-order valence-corrected chi connectivity index (χ1v) is 12.1. The molecule has 1 N–H and O–H groups in total. The predicted molar refractivity (Wildman–Crippen MR) is 142 cm³/mol. The first kappa shape index (κ1) is 24.3. The van der Waals surface area contributed by atoms with Crippen molar-refractivity contribution in [2.75, 3.05) is 22.2 Å². The van der Waals surface area contributed by atoms with Crippen molar-refractivity contribution in [1.82, 2.24) is 0 Å². The fraction of sp³-hybridized carbons (Fsp3) is 0.310. The molecule has 4 rings (SSSR count). The molecule has 1 aliphatic rings. The molecule has 3 aromatic carbocycles. The van der Waals surface area contributed by atoms with Gasteiger partial charge in [0.1, 0.15) is 5.75 Å². The molecule has 35 heavy (non-hydrogen) atoms. The van der Waals surface area contributed by atoms with Gasteiger partial charge in [0.15, 0.2) is 0 Å². The van der Waals surface area contributed by atoms with Crippen LogP contribution in [0, 0.1) is 5.92 Å². The number of hydrogen-bond acceptors (Lipinski definition) is 4. The second kappa shape index (κ2) is 10.6. The van der Waals surface area contributed by atoms with Gasteiger partial charge < -0.3 is 15.0 Å². The van der Waals surface area contributed by atoms with Crippen LogP contribution >= 0.6 is 0 Å². The van der Waals surface area contributed by atoms with Crippen molar-refractivity contribution in [2.45, 2.75) is 45.7 Å². The van der Waals surface area contributed by atoms with Gasteiger partial charge in [0.05, 0.1) is 0 Å². The van der Waals surface area contributed by atoms with Crippen molar-refractivity contribution in [3.8, 4) is 5.75 Å². The van der Waals surface area contributed by atoms with Crippen LogP contribution in [0.4, 0.5) is 21.9 Å². The smallest absolute Gasteiger partial charge is 0.410 e. The van der Waals surface area contributed by atoms with Crippen LogP contribution in [0.3, 0.4) is 0 Å². The van der Waals surface area contributed by atoms with Crippen molar-refractivity contribution < 1.29 is 14.3 Å². The van der Waals surface area contributed by atoms with Crippen LogP contribution in [0.5, 0.6) is 5.75 Å². The molecule has 3 aromatic rings. The lowest BCUT2D eigenvalue weighted by atomic mass is 9.88. The first-order valence-electron chi connectivity index (χ1n) is 12.1. The molecule has 0 aromatic heterocycles. The normalized spacial score (nSPS) is 19.7. The Bertz CT molecular complexity index is 1150. The van der Waals surface area contributed by atoms with Crippen molar-refractivity contribution in [2.24, 2.45) is 5.92 Å². The molecule has 0 spiro atoms. The molecule has 1 fully saturated rings. The minimum atomic E-state index is -0.508. The number of rotatable bonds is 5. The molecule has 0 radical (unpaired) electrons. The van der Waals surface area contributed by atoms with Crippen LogP contribution in [0.2, 0.25) is 0 Å². The average molecular weight is 472 g/mol. The van der Waals surface area contributed by atoms with Crippen LogP contribution in [0.1, 0.15) is 44.0 Å². The highest BCUT2D eigenvalue weighted by Gasteiger charge is 2.28. The lowest BCUT2D eigenvalue weighted by molar-refractivity contribution is 0.102. The highest BCUT2D eigenvalue weighted by Crippen LogP contribution is 2.32. The molecule has 6 nitrogen and oxygen atoms in total. The van der Waals surface area contributed by atoms with Gasteiger partial charge in [-0.15, -0.1) is 0 Å². The van der Waals surface area contributed by atoms with Crippen molar-refractivity contribution in [1.29, 1.82) is 0 Å². The maximum atomic E-state index is 12.9. The first-order chi connectivity index (χ1) is 16.8. The summed E-state index contributed by atoms with van der Waals surface area (Å²) in [5.41, 5.74) is 3.00. The van der Waals surface area contributed by atoms with E-state index in [0.29, 0.717) is 29.1 Å². The lowest BCUT2D eigenvalue weighted by Gasteiger charge is -2.43. The molecule has 182 valence electrons. The Hall–Kier alpha value is -3.80. The molecule has 1 saturated heterocycles. The molecule has 6 heteroatoms. The Morgan fingerprint density at radius 2 is 1.54 bits per heavy atom. The zero-order valence-electron chi connectivity index (χ0n) is 20.8. The van der Waals surface area contributed by atoms with Crippen LogP contribution in [-0.2, 0) is 0 Å². The number of piperidine rings is 1. The number of benzene rings is 3. The molecular formula is C29H33N3O3. The average Bonchev–Trinajstić information content (AvgIpc) is 2.84. The van der Waals surface area contributed by atoms with E-state index < -0.39 is 6.09 Å². The molecular weight excluding hydrogens is 438 g/mol. The standard InChI is InChI=1S/C29H33N3O3/c1-20-17-21(2)32(22(3)18-20)26-15-13-23(14-16-26)28(33)30-24-9-8-12-27(19-24)35-29(34)31(4)25-10-6-5-7-11-25/h5-16,19-22H,17-18H2,1-4H3,(H,30,33). The Morgan fingerprint density at radius 1 is 0.886 bits per heavy atom. The van der Waals surface area contributed by atoms with E-state index in [1.165, 1.54) is 17.7 Å². The monoisotopic (exact) mass is 471 g/mol.